The lowest BCUT2D eigenvalue weighted by Crippen LogP contribution is -2.39. The van der Waals surface area contributed by atoms with Crippen molar-refractivity contribution in [2.75, 3.05) is 26.3 Å². The second-order valence-electron chi connectivity index (χ2n) is 11.2. The zero-order chi connectivity index (χ0) is 26.3. The van der Waals surface area contributed by atoms with Crippen LogP contribution in [-0.2, 0) is 27.3 Å². The standard InChI is InChI=1S/C30H34ClN3O4S/c31-21-6-4-20(5-7-21)27-18-37-29-24(2-1-3-26(29)38-27)19-8-11-33(12-9-19)16-28-32-30-25(14-23(17-35)39-30)34(28)15-22-10-13-36-22/h1,3-6,14,17,19,21-22,24,27H,2,7-13,15-16,18H2. The minimum absolute atomic E-state index is 0.0688. The Morgan fingerprint density at radius 2 is 2.05 bits per heavy atom. The number of hydrogen-bond donors (Lipinski definition) is 0. The van der Waals surface area contributed by atoms with E-state index in [9.17, 15) is 4.79 Å². The molecule has 5 aliphatic rings. The predicted molar refractivity (Wildman–Crippen MR) is 152 cm³/mol. The smallest absolute Gasteiger partial charge is 0.160 e. The van der Waals surface area contributed by atoms with Gasteiger partial charge in [-0.3, -0.25) is 9.69 Å². The number of carbonyl (C=O) groups excluding carboxylic acids is 1. The maximum Gasteiger partial charge on any atom is 0.160 e. The molecule has 0 saturated carbocycles. The number of fused-ring (bicyclic) bond motifs is 1. The molecule has 0 N–H and O–H groups in total. The van der Waals surface area contributed by atoms with Crippen LogP contribution in [0.5, 0.6) is 0 Å². The van der Waals surface area contributed by atoms with E-state index in [4.69, 9.17) is 30.8 Å². The van der Waals surface area contributed by atoms with Gasteiger partial charge in [0.1, 0.15) is 23.0 Å². The number of aldehydes is 1. The minimum Gasteiger partial charge on any atom is -0.490 e. The lowest BCUT2D eigenvalue weighted by Gasteiger charge is -2.40. The lowest BCUT2D eigenvalue weighted by atomic mass is 9.79. The quantitative estimate of drug-likeness (QED) is 0.320. The Balaban J connectivity index is 1.00. The van der Waals surface area contributed by atoms with Crippen LogP contribution in [0.1, 0.15) is 47.6 Å². The summed E-state index contributed by atoms with van der Waals surface area (Å²) in [4.78, 5) is 20.5. The Kier molecular flexibility index (Phi) is 7.13. The Labute approximate surface area is 237 Å². The van der Waals surface area contributed by atoms with Crippen molar-refractivity contribution in [3.8, 4) is 0 Å². The number of aromatic nitrogens is 2. The van der Waals surface area contributed by atoms with Gasteiger partial charge in [-0.25, -0.2) is 4.98 Å². The number of thiophene rings is 1. The molecule has 0 radical (unpaired) electrons. The number of imidazole rings is 1. The van der Waals surface area contributed by atoms with Crippen LogP contribution in [0, 0.1) is 11.8 Å². The van der Waals surface area contributed by atoms with Crippen molar-refractivity contribution in [3.05, 3.63) is 64.2 Å². The highest BCUT2D eigenvalue weighted by Crippen LogP contribution is 2.41. The van der Waals surface area contributed by atoms with Gasteiger partial charge in [-0.2, -0.15) is 0 Å². The number of ether oxygens (including phenoxy) is 3. The first-order chi connectivity index (χ1) is 19.1. The van der Waals surface area contributed by atoms with E-state index in [1.54, 1.807) is 0 Å². The minimum atomic E-state index is -0.0688. The lowest BCUT2D eigenvalue weighted by molar-refractivity contribution is -0.0592. The van der Waals surface area contributed by atoms with Crippen LogP contribution in [0.25, 0.3) is 10.3 Å². The Hall–Kier alpha value is -2.39. The molecule has 7 rings (SSSR count). The normalized spacial score (nSPS) is 29.5. The largest absolute Gasteiger partial charge is 0.490 e. The third-order valence-corrected chi connectivity index (χ3v) is 10.0. The molecule has 3 aliphatic heterocycles. The molecule has 0 aromatic carbocycles. The Bertz CT molecular complexity index is 1360. The molecule has 0 spiro atoms. The number of likely N-dealkylation sites (tertiary alicyclic amines) is 1. The van der Waals surface area contributed by atoms with Gasteiger partial charge in [-0.15, -0.1) is 22.9 Å². The van der Waals surface area contributed by atoms with E-state index < -0.39 is 0 Å². The first kappa shape index (κ1) is 25.6. The summed E-state index contributed by atoms with van der Waals surface area (Å²) in [5.74, 6) is 3.98. The molecule has 2 saturated heterocycles. The maximum atomic E-state index is 11.3. The zero-order valence-electron chi connectivity index (χ0n) is 22.0. The molecule has 9 heteroatoms. The monoisotopic (exact) mass is 567 g/mol. The fourth-order valence-corrected chi connectivity index (χ4v) is 7.48. The summed E-state index contributed by atoms with van der Waals surface area (Å²) in [7, 11) is 0. The Morgan fingerprint density at radius 1 is 1.18 bits per heavy atom. The summed E-state index contributed by atoms with van der Waals surface area (Å²) in [6.07, 6.45) is 16.9. The molecular weight excluding hydrogens is 534 g/mol. The van der Waals surface area contributed by atoms with Gasteiger partial charge >= 0.3 is 0 Å². The molecule has 0 bridgehead atoms. The molecule has 4 unspecified atom stereocenters. The molecule has 2 aliphatic carbocycles. The van der Waals surface area contributed by atoms with Crippen LogP contribution in [0.4, 0.5) is 0 Å². The number of nitrogens with zero attached hydrogens (tertiary/aromatic N) is 3. The number of halogens is 1. The fraction of sp³-hybridized carbons (Fsp3) is 0.533. The topological polar surface area (TPSA) is 65.8 Å². The number of piperidine rings is 1. The number of rotatable bonds is 7. The van der Waals surface area contributed by atoms with Crippen LogP contribution < -0.4 is 0 Å². The van der Waals surface area contributed by atoms with E-state index >= 15 is 0 Å². The molecule has 4 atom stereocenters. The summed E-state index contributed by atoms with van der Waals surface area (Å²) in [6, 6.07) is 1.98. The second-order valence-corrected chi connectivity index (χ2v) is 12.8. The average molecular weight is 568 g/mol. The van der Waals surface area contributed by atoms with Crippen LogP contribution in [0.2, 0.25) is 0 Å². The summed E-state index contributed by atoms with van der Waals surface area (Å²) in [5.41, 5.74) is 2.22. The van der Waals surface area contributed by atoms with Crippen molar-refractivity contribution in [1.29, 1.82) is 0 Å². The van der Waals surface area contributed by atoms with Crippen LogP contribution >= 0.6 is 22.9 Å². The van der Waals surface area contributed by atoms with Gasteiger partial charge < -0.3 is 18.8 Å². The van der Waals surface area contributed by atoms with E-state index in [0.29, 0.717) is 18.4 Å². The Morgan fingerprint density at radius 3 is 2.79 bits per heavy atom. The van der Waals surface area contributed by atoms with E-state index in [2.05, 4.69) is 33.8 Å². The molecule has 5 heterocycles. The van der Waals surface area contributed by atoms with Gasteiger partial charge in [0, 0.05) is 12.5 Å². The molecule has 7 nitrogen and oxygen atoms in total. The van der Waals surface area contributed by atoms with Crippen LogP contribution in [0.3, 0.4) is 0 Å². The highest BCUT2D eigenvalue weighted by atomic mass is 35.5. The molecule has 2 aromatic heterocycles. The van der Waals surface area contributed by atoms with Crippen LogP contribution in [-0.4, -0.2) is 64.6 Å². The van der Waals surface area contributed by atoms with E-state index in [1.165, 1.54) is 11.3 Å². The third kappa shape index (κ3) is 5.12. The SMILES string of the molecule is O=Cc1cc2c(nc(CN3CCC(C4CC=CC5=C4OCC(C4=CCC(Cl)C=C4)O5)CC3)n2CC2CCO2)s1. The van der Waals surface area contributed by atoms with E-state index in [0.717, 1.165) is 109 Å². The third-order valence-electron chi connectivity index (χ3n) is 8.75. The van der Waals surface area contributed by atoms with Crippen LogP contribution in [0.15, 0.2) is 53.5 Å². The van der Waals surface area contributed by atoms with Crippen molar-refractivity contribution >= 4 is 39.6 Å². The predicted octanol–water partition coefficient (Wildman–Crippen LogP) is 5.61. The number of alkyl halides is 1. The summed E-state index contributed by atoms with van der Waals surface area (Å²) in [5, 5.41) is 0.0710. The number of allylic oxidation sites excluding steroid dienone is 5. The van der Waals surface area contributed by atoms with Crippen molar-refractivity contribution in [2.45, 2.75) is 62.8 Å². The number of hydrogen-bond acceptors (Lipinski definition) is 7. The van der Waals surface area contributed by atoms with Crippen molar-refractivity contribution < 1.29 is 19.0 Å². The van der Waals surface area contributed by atoms with Crippen molar-refractivity contribution in [2.24, 2.45) is 11.8 Å². The summed E-state index contributed by atoms with van der Waals surface area (Å²) in [6.45, 7) is 5.09. The van der Waals surface area contributed by atoms with E-state index in [-0.39, 0.29) is 17.6 Å². The maximum absolute atomic E-state index is 11.3. The zero-order valence-corrected chi connectivity index (χ0v) is 23.5. The number of carbonyl (C=O) groups is 1. The first-order valence-corrected chi connectivity index (χ1v) is 15.4. The van der Waals surface area contributed by atoms with E-state index in [1.807, 2.05) is 12.1 Å². The fourth-order valence-electron chi connectivity index (χ4n) is 6.45. The average Bonchev–Trinajstić information content (AvgIpc) is 3.48. The molecule has 2 fully saturated rings. The van der Waals surface area contributed by atoms with Crippen molar-refractivity contribution in [3.63, 3.8) is 0 Å². The second kappa shape index (κ2) is 10.9. The van der Waals surface area contributed by atoms with Gasteiger partial charge in [0.15, 0.2) is 18.1 Å². The molecule has 2 aromatic rings. The summed E-state index contributed by atoms with van der Waals surface area (Å²) < 4.78 is 20.9. The van der Waals surface area contributed by atoms with Gasteiger partial charge in [-0.1, -0.05) is 24.3 Å². The first-order valence-electron chi connectivity index (χ1n) is 14.1. The molecule has 39 heavy (non-hydrogen) atoms. The van der Waals surface area contributed by atoms with Gasteiger partial charge in [0.05, 0.1) is 35.0 Å². The van der Waals surface area contributed by atoms with Gasteiger partial charge in [0.25, 0.3) is 0 Å². The van der Waals surface area contributed by atoms with Crippen molar-refractivity contribution in [1.82, 2.24) is 14.5 Å². The summed E-state index contributed by atoms with van der Waals surface area (Å²) >= 11 is 7.68. The highest BCUT2D eigenvalue weighted by Gasteiger charge is 2.37. The molecule has 0 amide bonds. The highest BCUT2D eigenvalue weighted by molar-refractivity contribution is 7.20. The van der Waals surface area contributed by atoms with Gasteiger partial charge in [0.2, 0.25) is 0 Å². The van der Waals surface area contributed by atoms with Gasteiger partial charge in [-0.05, 0) is 68.8 Å². The molecular formula is C30H34ClN3O4S. The molecule has 206 valence electrons.